The van der Waals surface area contributed by atoms with Crippen molar-refractivity contribution in [2.75, 3.05) is 12.3 Å². The van der Waals surface area contributed by atoms with Gasteiger partial charge in [-0.1, -0.05) is 18.2 Å². The maximum atomic E-state index is 12.0. The fourth-order valence-electron chi connectivity index (χ4n) is 1.64. The van der Waals surface area contributed by atoms with Crippen LogP contribution in [0.5, 0.6) is 0 Å². The first-order chi connectivity index (χ1) is 9.98. The van der Waals surface area contributed by atoms with E-state index in [1.54, 1.807) is 0 Å². The first-order valence-corrected chi connectivity index (χ1v) is 7.14. The molecule has 0 unspecified atom stereocenters. The van der Waals surface area contributed by atoms with Crippen LogP contribution in [0.25, 0.3) is 10.9 Å². The third kappa shape index (κ3) is 4.32. The van der Waals surface area contributed by atoms with E-state index in [2.05, 4.69) is 9.97 Å². The highest BCUT2D eigenvalue weighted by Crippen LogP contribution is 2.24. The van der Waals surface area contributed by atoms with E-state index < -0.39 is 12.1 Å². The summed E-state index contributed by atoms with van der Waals surface area (Å²) in [5, 5.41) is 3.52. The van der Waals surface area contributed by atoms with Crippen LogP contribution in [0.1, 0.15) is 6.42 Å². The molecule has 0 fully saturated rings. The summed E-state index contributed by atoms with van der Waals surface area (Å²) in [5.74, 6) is -1.35. The molecule has 8 heteroatoms. The molecular weight excluding hydrogens is 303 g/mol. The number of hydrogen-bond donors (Lipinski definition) is 1. The Balaban J connectivity index is 1.82. The number of nitrogens with one attached hydrogen (secondary N) is 1. The molecule has 0 bridgehead atoms. The Morgan fingerprint density at radius 3 is 2.76 bits per heavy atom. The Morgan fingerprint density at radius 2 is 2.00 bits per heavy atom. The van der Waals surface area contributed by atoms with Crippen molar-refractivity contribution in [3.63, 3.8) is 0 Å². The maximum Gasteiger partial charge on any atom is 0.471 e. The molecule has 0 radical (unpaired) electrons. The number of halogens is 3. The van der Waals surface area contributed by atoms with Crippen molar-refractivity contribution in [2.24, 2.45) is 0 Å². The average molecular weight is 315 g/mol. The molecule has 1 aromatic heterocycles. The molecule has 0 aliphatic rings. The van der Waals surface area contributed by atoms with Crippen LogP contribution in [0, 0.1) is 0 Å². The smallest absolute Gasteiger partial charge is 0.348 e. The van der Waals surface area contributed by atoms with Gasteiger partial charge in [-0.15, -0.1) is 11.8 Å². The third-order valence-corrected chi connectivity index (χ3v) is 3.70. The lowest BCUT2D eigenvalue weighted by Crippen LogP contribution is -2.37. The Morgan fingerprint density at radius 1 is 1.24 bits per heavy atom. The summed E-state index contributed by atoms with van der Waals surface area (Å²) < 4.78 is 35.9. The van der Waals surface area contributed by atoms with E-state index in [0.29, 0.717) is 12.2 Å². The molecule has 0 aliphatic heterocycles. The maximum absolute atomic E-state index is 12.0. The van der Waals surface area contributed by atoms with Gasteiger partial charge in [0.2, 0.25) is 0 Å². The highest BCUT2D eigenvalue weighted by molar-refractivity contribution is 7.99. The molecule has 2 rings (SSSR count). The quantitative estimate of drug-likeness (QED) is 0.524. The number of amides is 1. The van der Waals surface area contributed by atoms with E-state index in [0.717, 1.165) is 15.9 Å². The van der Waals surface area contributed by atoms with E-state index in [1.165, 1.54) is 18.1 Å². The Bertz CT molecular complexity index is 628. The van der Waals surface area contributed by atoms with Crippen molar-refractivity contribution in [2.45, 2.75) is 17.6 Å². The zero-order valence-corrected chi connectivity index (χ0v) is 11.7. The number of thioether (sulfide) groups is 1. The molecule has 4 nitrogen and oxygen atoms in total. The SMILES string of the molecule is O=C(NCCCSc1ncnc2ccccc12)C(F)(F)F. The van der Waals surface area contributed by atoms with Crippen LogP contribution >= 0.6 is 11.8 Å². The minimum Gasteiger partial charge on any atom is -0.348 e. The summed E-state index contributed by atoms with van der Waals surface area (Å²) in [7, 11) is 0. The van der Waals surface area contributed by atoms with E-state index in [9.17, 15) is 18.0 Å². The molecule has 0 atom stereocenters. The van der Waals surface area contributed by atoms with Crippen molar-refractivity contribution in [1.29, 1.82) is 0 Å². The van der Waals surface area contributed by atoms with E-state index in [1.807, 2.05) is 29.6 Å². The van der Waals surface area contributed by atoms with Crippen molar-refractivity contribution >= 4 is 28.6 Å². The fourth-order valence-corrected chi connectivity index (χ4v) is 2.57. The number of para-hydroxylation sites is 1. The highest BCUT2D eigenvalue weighted by atomic mass is 32.2. The summed E-state index contributed by atoms with van der Waals surface area (Å²) in [6.07, 6.45) is -2.95. The molecule has 0 saturated heterocycles. The summed E-state index contributed by atoms with van der Waals surface area (Å²) in [6, 6.07) is 7.50. The van der Waals surface area contributed by atoms with Gasteiger partial charge in [-0.05, 0) is 12.5 Å². The van der Waals surface area contributed by atoms with Crippen LogP contribution < -0.4 is 5.32 Å². The normalized spacial score (nSPS) is 11.6. The van der Waals surface area contributed by atoms with Crippen LogP contribution in [0.4, 0.5) is 13.2 Å². The number of carbonyl (C=O) groups excluding carboxylic acids is 1. The van der Waals surface area contributed by atoms with Crippen molar-refractivity contribution in [1.82, 2.24) is 15.3 Å². The standard InChI is InChI=1S/C13H12F3N3OS/c14-13(15,16)12(20)17-6-3-7-21-11-9-4-1-2-5-10(9)18-8-19-11/h1-2,4-5,8H,3,6-7H2,(H,17,20). The molecule has 1 N–H and O–H groups in total. The van der Waals surface area contributed by atoms with Gasteiger partial charge in [-0.25, -0.2) is 9.97 Å². The Kier molecular flexibility index (Phi) is 5.00. The molecule has 0 saturated carbocycles. The van der Waals surface area contributed by atoms with Gasteiger partial charge in [-0.3, -0.25) is 4.79 Å². The largest absolute Gasteiger partial charge is 0.471 e. The van der Waals surface area contributed by atoms with Gasteiger partial charge in [0.25, 0.3) is 0 Å². The first-order valence-electron chi connectivity index (χ1n) is 6.16. The van der Waals surface area contributed by atoms with E-state index in [-0.39, 0.29) is 6.54 Å². The van der Waals surface area contributed by atoms with Gasteiger partial charge in [0.05, 0.1) is 5.52 Å². The minimum absolute atomic E-state index is 0.0195. The number of alkyl halides is 3. The summed E-state index contributed by atoms with van der Waals surface area (Å²) in [4.78, 5) is 18.9. The van der Waals surface area contributed by atoms with E-state index >= 15 is 0 Å². The van der Waals surface area contributed by atoms with Crippen LogP contribution in [0.2, 0.25) is 0 Å². The number of rotatable bonds is 5. The number of aromatic nitrogens is 2. The van der Waals surface area contributed by atoms with Crippen LogP contribution in [0.15, 0.2) is 35.6 Å². The highest BCUT2D eigenvalue weighted by Gasteiger charge is 2.38. The molecule has 0 spiro atoms. The first kappa shape index (κ1) is 15.6. The van der Waals surface area contributed by atoms with Gasteiger partial charge in [0.15, 0.2) is 0 Å². The van der Waals surface area contributed by atoms with Crippen LogP contribution in [0.3, 0.4) is 0 Å². The second-order valence-electron chi connectivity index (χ2n) is 4.15. The van der Waals surface area contributed by atoms with E-state index in [4.69, 9.17) is 0 Å². The lowest BCUT2D eigenvalue weighted by atomic mass is 10.2. The molecule has 112 valence electrons. The topological polar surface area (TPSA) is 54.9 Å². The molecule has 1 aromatic carbocycles. The number of nitrogens with zero attached hydrogens (tertiary/aromatic N) is 2. The second kappa shape index (κ2) is 6.75. The predicted molar refractivity (Wildman–Crippen MR) is 73.9 cm³/mol. The fraction of sp³-hybridized carbons (Fsp3) is 0.308. The monoisotopic (exact) mass is 315 g/mol. The lowest BCUT2D eigenvalue weighted by Gasteiger charge is -2.08. The van der Waals surface area contributed by atoms with Crippen LogP contribution in [-0.2, 0) is 4.79 Å². The minimum atomic E-state index is -4.82. The summed E-state index contributed by atoms with van der Waals surface area (Å²) >= 11 is 1.43. The summed E-state index contributed by atoms with van der Waals surface area (Å²) in [5.41, 5.74) is 0.820. The lowest BCUT2D eigenvalue weighted by molar-refractivity contribution is -0.173. The van der Waals surface area contributed by atoms with Crippen LogP contribution in [-0.4, -0.2) is 34.3 Å². The zero-order chi connectivity index (χ0) is 15.3. The number of fused-ring (bicyclic) bond motifs is 1. The van der Waals surface area contributed by atoms with Gasteiger partial charge in [0.1, 0.15) is 11.4 Å². The molecule has 21 heavy (non-hydrogen) atoms. The number of hydrogen-bond acceptors (Lipinski definition) is 4. The summed E-state index contributed by atoms with van der Waals surface area (Å²) in [6.45, 7) is -0.0195. The van der Waals surface area contributed by atoms with Gasteiger partial charge < -0.3 is 5.32 Å². The average Bonchev–Trinajstić information content (AvgIpc) is 2.46. The molecule has 0 aliphatic carbocycles. The van der Waals surface area contributed by atoms with Gasteiger partial charge in [0, 0.05) is 17.7 Å². The number of carbonyl (C=O) groups is 1. The molecule has 1 amide bonds. The van der Waals surface area contributed by atoms with Crippen molar-refractivity contribution in [3.05, 3.63) is 30.6 Å². The number of benzene rings is 1. The predicted octanol–water partition coefficient (Wildman–Crippen LogP) is 2.79. The van der Waals surface area contributed by atoms with Crippen molar-refractivity contribution in [3.8, 4) is 0 Å². The molecule has 2 aromatic rings. The Hall–Kier alpha value is -1.83. The van der Waals surface area contributed by atoms with Gasteiger partial charge >= 0.3 is 12.1 Å². The zero-order valence-electron chi connectivity index (χ0n) is 10.9. The van der Waals surface area contributed by atoms with Crippen molar-refractivity contribution < 1.29 is 18.0 Å². The third-order valence-electron chi connectivity index (χ3n) is 2.61. The molecular formula is C13H12F3N3OS. The Labute approximate surface area is 123 Å². The van der Waals surface area contributed by atoms with Gasteiger partial charge in [-0.2, -0.15) is 13.2 Å². The second-order valence-corrected chi connectivity index (χ2v) is 5.24. The molecule has 1 heterocycles.